The van der Waals surface area contributed by atoms with E-state index in [1.54, 1.807) is 59.8 Å². The SMILES string of the molecule is CC1=C2C3=c4c(cc(=C5C(C(C)C)=Cc6c5sc5cccc(C)c65)c(c4-c4ccccc4)[Si]2(C)C)SC3[C]1=[Zr]. The summed E-state index contributed by atoms with van der Waals surface area (Å²) in [5, 5.41) is 8.49. The third-order valence-electron chi connectivity index (χ3n) is 9.36. The Bertz CT molecular complexity index is 2020. The van der Waals surface area contributed by atoms with E-state index in [1.165, 1.54) is 52.9 Å². The van der Waals surface area contributed by atoms with Gasteiger partial charge in [0.2, 0.25) is 0 Å². The van der Waals surface area contributed by atoms with Gasteiger partial charge >= 0.3 is 256 Å². The van der Waals surface area contributed by atoms with Gasteiger partial charge in [0.05, 0.1) is 0 Å². The Hall–Kier alpha value is -1.84. The zero-order chi connectivity index (χ0) is 27.0. The van der Waals surface area contributed by atoms with Crippen LogP contribution in [0.5, 0.6) is 0 Å². The van der Waals surface area contributed by atoms with Gasteiger partial charge in [0.1, 0.15) is 0 Å². The van der Waals surface area contributed by atoms with Crippen LogP contribution in [0, 0.1) is 12.8 Å². The predicted molar refractivity (Wildman–Crippen MR) is 171 cm³/mol. The second-order valence-corrected chi connectivity index (χ2v) is 20.1. The number of aryl methyl sites for hydroxylation is 1. The quantitative estimate of drug-likeness (QED) is 0.209. The molecule has 1 aromatic heterocycles. The normalized spacial score (nSPS) is 21.5. The molecule has 0 spiro atoms. The van der Waals surface area contributed by atoms with Crippen molar-refractivity contribution in [2.45, 2.75) is 50.9 Å². The number of thiophene rings is 1. The average Bonchev–Trinajstić information content (AvgIpc) is 3.62. The van der Waals surface area contributed by atoms with Gasteiger partial charge in [-0.05, 0) is 0 Å². The first-order valence-corrected chi connectivity index (χ1v) is 19.9. The number of allylic oxidation sites excluding steroid dienone is 3. The topological polar surface area (TPSA) is 0 Å². The molecule has 1 unspecified atom stereocenters. The molecule has 3 heterocycles. The van der Waals surface area contributed by atoms with Gasteiger partial charge in [-0.3, -0.25) is 0 Å². The molecule has 2 bridgehead atoms. The molecular formula is C35H30S2SiZr. The standard InChI is InChI=1S/C35H30S2Si.Zr/c1-18(2)22-16-23-28-19(3)11-10-14-25(28)37-33(23)30(22)24-17-27-31-29(21-12-8-7-9-13-21)35(24)38(5,6)34-20(4)15-26(36-27)32(31)34;/h7-14,16-18,26H,1-6H3;. The third kappa shape index (κ3) is 3.13. The Kier molecular flexibility index (Phi) is 5.34. The molecule has 1 atom stereocenters. The van der Waals surface area contributed by atoms with Crippen molar-refractivity contribution in [3.05, 3.63) is 97.4 Å². The van der Waals surface area contributed by atoms with Crippen LogP contribution in [0.15, 0.2) is 75.8 Å². The first-order valence-electron chi connectivity index (χ1n) is 13.9. The molecule has 4 heteroatoms. The summed E-state index contributed by atoms with van der Waals surface area (Å²) in [6, 6.07) is 20.8. The number of thioether (sulfide) groups is 1. The van der Waals surface area contributed by atoms with E-state index in [-0.39, 0.29) is 0 Å². The number of hydrogen-bond donors (Lipinski definition) is 0. The van der Waals surface area contributed by atoms with Crippen molar-refractivity contribution >= 4 is 66.9 Å². The molecule has 0 saturated heterocycles. The minimum atomic E-state index is -2.02. The minimum absolute atomic E-state index is 0.472. The Morgan fingerprint density at radius 2 is 1.74 bits per heavy atom. The van der Waals surface area contributed by atoms with Crippen LogP contribution in [-0.2, 0) is 24.2 Å². The van der Waals surface area contributed by atoms with Crippen LogP contribution in [0.3, 0.4) is 0 Å². The van der Waals surface area contributed by atoms with Gasteiger partial charge in [0, 0.05) is 0 Å². The summed E-state index contributed by atoms with van der Waals surface area (Å²) in [7, 11) is -2.02. The zero-order valence-electron chi connectivity index (χ0n) is 23.2. The van der Waals surface area contributed by atoms with Crippen molar-refractivity contribution in [1.82, 2.24) is 0 Å². The Morgan fingerprint density at radius 3 is 2.49 bits per heavy atom. The number of fused-ring (bicyclic) bond motifs is 4. The van der Waals surface area contributed by atoms with Gasteiger partial charge < -0.3 is 0 Å². The maximum atomic E-state index is 2.64. The van der Waals surface area contributed by atoms with Crippen LogP contribution in [0.4, 0.5) is 0 Å². The zero-order valence-corrected chi connectivity index (χ0v) is 28.3. The second-order valence-electron chi connectivity index (χ2n) is 12.3. The monoisotopic (exact) mass is 632 g/mol. The van der Waals surface area contributed by atoms with Gasteiger partial charge in [-0.1, -0.05) is 0 Å². The molecule has 39 heavy (non-hydrogen) atoms. The van der Waals surface area contributed by atoms with Gasteiger partial charge in [-0.2, -0.15) is 0 Å². The van der Waals surface area contributed by atoms with Gasteiger partial charge in [-0.25, -0.2) is 0 Å². The molecule has 0 radical (unpaired) electrons. The summed E-state index contributed by atoms with van der Waals surface area (Å²) in [5.74, 6) is 0.472. The molecule has 0 fully saturated rings. The van der Waals surface area contributed by atoms with Crippen LogP contribution in [0.2, 0.25) is 13.1 Å². The van der Waals surface area contributed by atoms with E-state index >= 15 is 0 Å². The van der Waals surface area contributed by atoms with Crippen molar-refractivity contribution < 1.29 is 24.2 Å². The molecule has 3 aromatic carbocycles. The predicted octanol–water partition coefficient (Wildman–Crippen LogP) is 7.27. The summed E-state index contributed by atoms with van der Waals surface area (Å²) in [4.78, 5) is 2.99. The van der Waals surface area contributed by atoms with Crippen molar-refractivity contribution in [2.24, 2.45) is 5.92 Å². The first-order chi connectivity index (χ1) is 18.7. The maximum absolute atomic E-state index is 2.64. The molecular weight excluding hydrogens is 604 g/mol. The van der Waals surface area contributed by atoms with Crippen molar-refractivity contribution in [3.8, 4) is 11.1 Å². The Labute approximate surface area is 254 Å². The van der Waals surface area contributed by atoms with E-state index in [9.17, 15) is 0 Å². The van der Waals surface area contributed by atoms with E-state index in [1.807, 2.05) is 11.3 Å². The fourth-order valence-corrected chi connectivity index (χ4v) is 16.1. The summed E-state index contributed by atoms with van der Waals surface area (Å²) in [5.41, 5.74) is 12.1. The molecule has 190 valence electrons. The summed E-state index contributed by atoms with van der Waals surface area (Å²) in [6.45, 7) is 14.8. The van der Waals surface area contributed by atoms with Gasteiger partial charge in [0.25, 0.3) is 0 Å². The van der Waals surface area contributed by atoms with Gasteiger partial charge in [0.15, 0.2) is 0 Å². The molecule has 2 aliphatic heterocycles. The molecule has 0 amide bonds. The van der Waals surface area contributed by atoms with E-state index in [4.69, 9.17) is 0 Å². The van der Waals surface area contributed by atoms with E-state index in [2.05, 4.69) is 113 Å². The fraction of sp³-hybridized carbons (Fsp3) is 0.229. The van der Waals surface area contributed by atoms with Crippen LogP contribution in [-0.4, -0.2) is 16.5 Å². The molecule has 0 nitrogen and oxygen atoms in total. The van der Waals surface area contributed by atoms with Crippen molar-refractivity contribution in [3.63, 3.8) is 0 Å². The van der Waals surface area contributed by atoms with Crippen molar-refractivity contribution in [1.29, 1.82) is 0 Å². The fourth-order valence-electron chi connectivity index (χ4n) is 7.76. The summed E-state index contributed by atoms with van der Waals surface area (Å²) >= 11 is 5.73. The third-order valence-corrected chi connectivity index (χ3v) is 17.6. The van der Waals surface area contributed by atoms with Gasteiger partial charge in [-0.15, -0.1) is 0 Å². The van der Waals surface area contributed by atoms with E-state index < -0.39 is 8.07 Å². The van der Waals surface area contributed by atoms with E-state index in [0.29, 0.717) is 11.2 Å². The first kappa shape index (κ1) is 24.9. The molecule has 2 aliphatic carbocycles. The average molecular weight is 634 g/mol. The Balaban J connectivity index is 1.62. The van der Waals surface area contributed by atoms with Crippen LogP contribution < -0.4 is 15.6 Å². The Morgan fingerprint density at radius 1 is 0.974 bits per heavy atom. The van der Waals surface area contributed by atoms with E-state index in [0.717, 1.165) is 0 Å². The molecule has 0 saturated carbocycles. The van der Waals surface area contributed by atoms with Crippen LogP contribution in [0.1, 0.15) is 36.8 Å². The number of rotatable bonds is 2. The molecule has 4 aromatic rings. The molecule has 0 N–H and O–H groups in total. The summed E-state index contributed by atoms with van der Waals surface area (Å²) in [6.07, 6.45) is 2.55. The number of benzene rings is 3. The number of hydrogen-bond acceptors (Lipinski definition) is 2. The summed E-state index contributed by atoms with van der Waals surface area (Å²) < 4.78 is 3.09. The van der Waals surface area contributed by atoms with Crippen LogP contribution >= 0.6 is 23.1 Å². The van der Waals surface area contributed by atoms with Crippen LogP contribution in [0.25, 0.3) is 38.4 Å². The molecule has 4 aliphatic rings. The second kappa shape index (κ2) is 8.35. The van der Waals surface area contributed by atoms with Crippen molar-refractivity contribution in [2.75, 3.05) is 0 Å². The molecule has 8 rings (SSSR count).